The second-order valence-corrected chi connectivity index (χ2v) is 11.6. The van der Waals surface area contributed by atoms with Gasteiger partial charge in [0.25, 0.3) is 0 Å². The first-order chi connectivity index (χ1) is 16.5. The molecule has 1 saturated carbocycles. The van der Waals surface area contributed by atoms with Crippen LogP contribution in [0.3, 0.4) is 0 Å². The van der Waals surface area contributed by atoms with Crippen LogP contribution in [0.4, 0.5) is 5.69 Å². The quantitative estimate of drug-likeness (QED) is 0.568. The molecule has 35 heavy (non-hydrogen) atoms. The molecular formula is C27H37N3O4S. The molecule has 0 aliphatic heterocycles. The van der Waals surface area contributed by atoms with E-state index in [0.29, 0.717) is 5.69 Å². The van der Waals surface area contributed by atoms with Gasteiger partial charge in [-0.3, -0.25) is 13.9 Å². The molecule has 7 nitrogen and oxygen atoms in total. The Morgan fingerprint density at radius 3 is 2.34 bits per heavy atom. The minimum Gasteiger partial charge on any atom is -0.352 e. The van der Waals surface area contributed by atoms with Crippen LogP contribution in [-0.2, 0) is 26.2 Å². The highest BCUT2D eigenvalue weighted by atomic mass is 32.2. The molecule has 1 aliphatic rings. The van der Waals surface area contributed by atoms with E-state index in [1.165, 1.54) is 4.90 Å². The van der Waals surface area contributed by atoms with Crippen LogP contribution in [0.2, 0.25) is 0 Å². The van der Waals surface area contributed by atoms with Crippen LogP contribution in [0.15, 0.2) is 42.5 Å². The van der Waals surface area contributed by atoms with Crippen molar-refractivity contribution in [2.45, 2.75) is 72.0 Å². The van der Waals surface area contributed by atoms with Crippen molar-refractivity contribution >= 4 is 27.5 Å². The summed E-state index contributed by atoms with van der Waals surface area (Å²) in [5, 5.41) is 3.08. The van der Waals surface area contributed by atoms with Gasteiger partial charge in [-0.15, -0.1) is 0 Å². The lowest BCUT2D eigenvalue weighted by atomic mass is 10.1. The first-order valence-electron chi connectivity index (χ1n) is 12.2. The second-order valence-electron chi connectivity index (χ2n) is 9.67. The van der Waals surface area contributed by atoms with Crippen molar-refractivity contribution < 1.29 is 18.0 Å². The number of benzene rings is 2. The monoisotopic (exact) mass is 499 g/mol. The minimum absolute atomic E-state index is 0.128. The van der Waals surface area contributed by atoms with Gasteiger partial charge in [0.15, 0.2) is 0 Å². The van der Waals surface area contributed by atoms with Crippen LogP contribution < -0.4 is 9.62 Å². The number of hydrogen-bond donors (Lipinski definition) is 1. The van der Waals surface area contributed by atoms with Crippen molar-refractivity contribution in [2.75, 3.05) is 17.1 Å². The summed E-state index contributed by atoms with van der Waals surface area (Å²) in [5.41, 5.74) is 4.13. The maximum Gasteiger partial charge on any atom is 0.244 e. The van der Waals surface area contributed by atoms with Gasteiger partial charge in [0.2, 0.25) is 21.8 Å². The Morgan fingerprint density at radius 1 is 1.06 bits per heavy atom. The fourth-order valence-corrected chi connectivity index (χ4v) is 5.48. The third-order valence-electron chi connectivity index (χ3n) is 6.83. The zero-order valence-corrected chi connectivity index (χ0v) is 22.2. The van der Waals surface area contributed by atoms with Crippen molar-refractivity contribution in [3.05, 3.63) is 64.7 Å². The van der Waals surface area contributed by atoms with Crippen LogP contribution in [0, 0.1) is 20.8 Å². The first kappa shape index (κ1) is 26.7. The lowest BCUT2D eigenvalue weighted by molar-refractivity contribution is -0.139. The van der Waals surface area contributed by atoms with E-state index in [1.807, 2.05) is 51.1 Å². The Bertz CT molecular complexity index is 1170. The summed E-state index contributed by atoms with van der Waals surface area (Å²) in [7, 11) is -3.74. The number of rotatable bonds is 9. The topological polar surface area (TPSA) is 86.8 Å². The third kappa shape index (κ3) is 6.84. The molecule has 0 heterocycles. The molecule has 1 N–H and O–H groups in total. The molecule has 0 unspecified atom stereocenters. The summed E-state index contributed by atoms with van der Waals surface area (Å²) in [5.74, 6) is -0.637. The SMILES string of the molecule is Cc1cccc(CN(C(=O)CN(c2cccc(C)c2C)S(C)(=O)=O)[C@@H](C)C(=O)NC2CCCC2)c1. The Balaban J connectivity index is 1.91. The predicted octanol–water partition coefficient (Wildman–Crippen LogP) is 3.85. The van der Waals surface area contributed by atoms with E-state index in [9.17, 15) is 18.0 Å². The van der Waals surface area contributed by atoms with E-state index in [-0.39, 0.29) is 25.0 Å². The smallest absolute Gasteiger partial charge is 0.244 e. The summed E-state index contributed by atoms with van der Waals surface area (Å²) in [6.07, 6.45) is 5.16. The summed E-state index contributed by atoms with van der Waals surface area (Å²) in [6, 6.07) is 12.5. The number of nitrogens with zero attached hydrogens (tertiary/aromatic N) is 2. The maximum absolute atomic E-state index is 13.7. The molecule has 0 radical (unpaired) electrons. The number of anilines is 1. The molecule has 0 aromatic heterocycles. The normalized spacial score (nSPS) is 15.0. The zero-order valence-electron chi connectivity index (χ0n) is 21.4. The van der Waals surface area contributed by atoms with Crippen LogP contribution in [0.1, 0.15) is 54.9 Å². The molecule has 0 saturated heterocycles. The van der Waals surface area contributed by atoms with Gasteiger partial charge >= 0.3 is 0 Å². The number of carbonyl (C=O) groups excluding carboxylic acids is 2. The van der Waals surface area contributed by atoms with Crippen molar-refractivity contribution in [2.24, 2.45) is 0 Å². The summed E-state index contributed by atoms with van der Waals surface area (Å²) >= 11 is 0. The molecule has 2 aromatic rings. The predicted molar refractivity (Wildman–Crippen MR) is 140 cm³/mol. The number of sulfonamides is 1. The number of amides is 2. The van der Waals surface area contributed by atoms with E-state index in [2.05, 4.69) is 5.32 Å². The van der Waals surface area contributed by atoms with Gasteiger partial charge in [-0.1, -0.05) is 54.8 Å². The molecule has 8 heteroatoms. The average molecular weight is 500 g/mol. The number of aryl methyl sites for hydroxylation is 2. The highest BCUT2D eigenvalue weighted by Crippen LogP contribution is 2.25. The first-order valence-corrected chi connectivity index (χ1v) is 14.0. The van der Waals surface area contributed by atoms with Crippen molar-refractivity contribution in [3.63, 3.8) is 0 Å². The van der Waals surface area contributed by atoms with Crippen molar-refractivity contribution in [1.29, 1.82) is 0 Å². The van der Waals surface area contributed by atoms with Crippen LogP contribution in [0.5, 0.6) is 0 Å². The van der Waals surface area contributed by atoms with Gasteiger partial charge in [0, 0.05) is 12.6 Å². The van der Waals surface area contributed by atoms with Gasteiger partial charge in [-0.25, -0.2) is 8.42 Å². The molecule has 2 amide bonds. The molecule has 2 aromatic carbocycles. The number of hydrogen-bond acceptors (Lipinski definition) is 4. The molecule has 1 aliphatic carbocycles. The minimum atomic E-state index is -3.74. The Hall–Kier alpha value is -2.87. The van der Waals surface area contributed by atoms with Crippen molar-refractivity contribution in [1.82, 2.24) is 10.2 Å². The van der Waals surface area contributed by atoms with E-state index in [0.717, 1.165) is 58.5 Å². The van der Waals surface area contributed by atoms with Crippen molar-refractivity contribution in [3.8, 4) is 0 Å². The molecule has 1 atom stereocenters. The van der Waals surface area contributed by atoms with E-state index in [1.54, 1.807) is 19.1 Å². The van der Waals surface area contributed by atoms with Crippen LogP contribution in [-0.4, -0.2) is 50.0 Å². The number of nitrogens with one attached hydrogen (secondary N) is 1. The molecule has 3 rings (SSSR count). The molecule has 0 spiro atoms. The van der Waals surface area contributed by atoms with Gasteiger partial charge in [0.1, 0.15) is 12.6 Å². The van der Waals surface area contributed by atoms with Gasteiger partial charge in [0.05, 0.1) is 11.9 Å². The average Bonchev–Trinajstić information content (AvgIpc) is 3.29. The summed E-state index contributed by atoms with van der Waals surface area (Å²) in [4.78, 5) is 28.3. The Kier molecular flexibility index (Phi) is 8.59. The summed E-state index contributed by atoms with van der Waals surface area (Å²) < 4.78 is 26.7. The highest BCUT2D eigenvalue weighted by molar-refractivity contribution is 7.92. The van der Waals surface area contributed by atoms with E-state index in [4.69, 9.17) is 0 Å². The number of carbonyl (C=O) groups is 2. The fourth-order valence-electron chi connectivity index (χ4n) is 4.58. The highest BCUT2D eigenvalue weighted by Gasteiger charge is 2.31. The fraction of sp³-hybridized carbons (Fsp3) is 0.481. The van der Waals surface area contributed by atoms with Crippen LogP contribution in [0.25, 0.3) is 0 Å². The molecule has 1 fully saturated rings. The lowest BCUT2D eigenvalue weighted by Crippen LogP contribution is -2.52. The molecule has 0 bridgehead atoms. The largest absolute Gasteiger partial charge is 0.352 e. The van der Waals surface area contributed by atoms with Gasteiger partial charge < -0.3 is 10.2 Å². The van der Waals surface area contributed by atoms with Gasteiger partial charge in [-0.05, 0) is 63.3 Å². The standard InChI is InChI=1S/C27H37N3O4S/c1-19-10-8-12-23(16-19)17-29(22(4)27(32)28-24-13-6-7-14-24)26(31)18-30(35(5,33)34)25-15-9-11-20(2)21(25)3/h8-12,15-16,22,24H,6-7,13-14,17-18H2,1-5H3,(H,28,32)/t22-/m0/s1. The van der Waals surface area contributed by atoms with Gasteiger partial charge in [-0.2, -0.15) is 0 Å². The van der Waals surface area contributed by atoms with E-state index >= 15 is 0 Å². The van der Waals surface area contributed by atoms with Crippen LogP contribution >= 0.6 is 0 Å². The zero-order chi connectivity index (χ0) is 25.8. The molecule has 190 valence electrons. The van der Waals surface area contributed by atoms with E-state index < -0.39 is 22.0 Å². The Morgan fingerprint density at radius 2 is 1.71 bits per heavy atom. The second kappa shape index (κ2) is 11.2. The Labute approximate surface area is 209 Å². The summed E-state index contributed by atoms with van der Waals surface area (Å²) in [6.45, 7) is 7.26. The third-order valence-corrected chi connectivity index (χ3v) is 7.95. The maximum atomic E-state index is 13.7. The molecular weight excluding hydrogens is 462 g/mol. The lowest BCUT2D eigenvalue weighted by Gasteiger charge is -2.32.